The Morgan fingerprint density at radius 2 is 1.97 bits per heavy atom. The molecule has 0 saturated carbocycles. The van der Waals surface area contributed by atoms with E-state index in [1.165, 1.54) is 23.8 Å². The van der Waals surface area contributed by atoms with Gasteiger partial charge in [0.05, 0.1) is 28.4 Å². The lowest BCUT2D eigenvalue weighted by Crippen LogP contribution is -2.22. The maximum Gasteiger partial charge on any atom is 0.266 e. The maximum absolute atomic E-state index is 13.4. The Labute approximate surface area is 175 Å². The van der Waals surface area contributed by atoms with E-state index < -0.39 is 0 Å². The average molecular weight is 411 g/mol. The van der Waals surface area contributed by atoms with Gasteiger partial charge in [-0.3, -0.25) is 9.36 Å². The molecular formula is C23H14FN5O2. The molecule has 0 unspecified atom stereocenters. The first-order chi connectivity index (χ1) is 15.1. The molecule has 0 amide bonds. The van der Waals surface area contributed by atoms with Crippen LogP contribution in [0.2, 0.25) is 0 Å². The first-order valence-electron chi connectivity index (χ1n) is 9.35. The number of aromatic nitrogens is 2. The minimum absolute atomic E-state index is 0.269. The van der Waals surface area contributed by atoms with Crippen LogP contribution in [0.4, 0.5) is 15.8 Å². The SMILES string of the molecule is CO/N=C1\c2cc(C#N)ccc2-n2c1nc1c(Nc3ccc(F)cc3)cccc1c2=O. The molecule has 150 valence electrons. The van der Waals surface area contributed by atoms with E-state index in [0.717, 1.165) is 0 Å². The minimum atomic E-state index is -0.340. The van der Waals surface area contributed by atoms with Crippen molar-refractivity contribution < 1.29 is 9.23 Å². The number of nitrogens with one attached hydrogen (secondary N) is 1. The van der Waals surface area contributed by atoms with Crippen LogP contribution in [0.15, 0.2) is 70.6 Å². The van der Waals surface area contributed by atoms with Gasteiger partial charge in [0.25, 0.3) is 5.56 Å². The predicted octanol–water partition coefficient (Wildman–Crippen LogP) is 3.85. The number of nitriles is 1. The van der Waals surface area contributed by atoms with Gasteiger partial charge < -0.3 is 10.2 Å². The van der Waals surface area contributed by atoms with Gasteiger partial charge in [-0.1, -0.05) is 11.2 Å². The van der Waals surface area contributed by atoms with Crippen LogP contribution in [0.25, 0.3) is 16.6 Å². The monoisotopic (exact) mass is 411 g/mol. The average Bonchev–Trinajstić information content (AvgIpc) is 3.09. The van der Waals surface area contributed by atoms with Crippen LogP contribution >= 0.6 is 0 Å². The maximum atomic E-state index is 13.4. The number of nitrogens with zero attached hydrogens (tertiary/aromatic N) is 4. The van der Waals surface area contributed by atoms with Gasteiger partial charge in [-0.05, 0) is 54.6 Å². The van der Waals surface area contributed by atoms with Crippen molar-refractivity contribution in [1.29, 1.82) is 5.26 Å². The second kappa shape index (κ2) is 7.07. The standard InChI is InChI=1S/C23H14FN5O2/c1-31-28-21-17-11-13(12-25)5-10-19(17)29-22(21)27-20-16(23(29)30)3-2-4-18(20)26-15-8-6-14(24)7-9-15/h2-11,26H,1H3/b28-21+. The van der Waals surface area contributed by atoms with Crippen molar-refractivity contribution in [1.82, 2.24) is 9.55 Å². The van der Waals surface area contributed by atoms with Crippen molar-refractivity contribution in [2.45, 2.75) is 0 Å². The van der Waals surface area contributed by atoms with Crippen molar-refractivity contribution in [3.63, 3.8) is 0 Å². The number of anilines is 2. The van der Waals surface area contributed by atoms with Gasteiger partial charge in [-0.25, -0.2) is 9.37 Å². The Hall–Kier alpha value is -4.51. The van der Waals surface area contributed by atoms with Crippen molar-refractivity contribution in [2.24, 2.45) is 5.16 Å². The topological polar surface area (TPSA) is 92.3 Å². The highest BCUT2D eigenvalue weighted by atomic mass is 19.1. The van der Waals surface area contributed by atoms with E-state index in [9.17, 15) is 14.4 Å². The summed E-state index contributed by atoms with van der Waals surface area (Å²) in [4.78, 5) is 23.2. The molecule has 5 rings (SSSR count). The number of benzene rings is 3. The fraction of sp³-hybridized carbons (Fsp3) is 0.0435. The van der Waals surface area contributed by atoms with Crippen LogP contribution in [-0.2, 0) is 4.84 Å². The van der Waals surface area contributed by atoms with E-state index in [0.29, 0.717) is 50.6 Å². The van der Waals surface area contributed by atoms with E-state index >= 15 is 0 Å². The zero-order valence-electron chi connectivity index (χ0n) is 16.3. The fourth-order valence-electron chi connectivity index (χ4n) is 3.67. The number of hydrogen-bond donors (Lipinski definition) is 1. The molecule has 0 spiro atoms. The highest BCUT2D eigenvalue weighted by molar-refractivity contribution is 6.17. The molecule has 1 N–H and O–H groups in total. The van der Waals surface area contributed by atoms with Crippen LogP contribution in [-0.4, -0.2) is 22.4 Å². The summed E-state index contributed by atoms with van der Waals surface area (Å²) in [6.07, 6.45) is 0. The van der Waals surface area contributed by atoms with E-state index in [2.05, 4.69) is 16.5 Å². The highest BCUT2D eigenvalue weighted by Gasteiger charge is 2.30. The van der Waals surface area contributed by atoms with Crippen molar-refractivity contribution >= 4 is 28.0 Å². The molecule has 8 heteroatoms. The lowest BCUT2D eigenvalue weighted by atomic mass is 10.1. The number of fused-ring (bicyclic) bond motifs is 4. The lowest BCUT2D eigenvalue weighted by molar-refractivity contribution is 0.214. The molecular weight excluding hydrogens is 397 g/mol. The van der Waals surface area contributed by atoms with Crippen molar-refractivity contribution in [3.8, 4) is 11.8 Å². The first-order valence-corrected chi connectivity index (χ1v) is 9.35. The summed E-state index contributed by atoms with van der Waals surface area (Å²) in [5, 5.41) is 16.9. The molecule has 3 aromatic carbocycles. The molecule has 1 aromatic heterocycles. The fourth-order valence-corrected chi connectivity index (χ4v) is 3.67. The third-order valence-electron chi connectivity index (χ3n) is 5.04. The van der Waals surface area contributed by atoms with Gasteiger partial charge in [0.1, 0.15) is 18.4 Å². The Kier molecular flexibility index (Phi) is 4.22. The molecule has 0 radical (unpaired) electrons. The number of para-hydroxylation sites is 1. The van der Waals surface area contributed by atoms with Gasteiger partial charge in [-0.15, -0.1) is 0 Å². The molecule has 1 aliphatic rings. The summed E-state index contributed by atoms with van der Waals surface area (Å²) in [5.41, 5.74) is 3.40. The summed E-state index contributed by atoms with van der Waals surface area (Å²) in [7, 11) is 1.41. The third-order valence-corrected chi connectivity index (χ3v) is 5.04. The lowest BCUT2D eigenvalue weighted by Gasteiger charge is -2.11. The van der Waals surface area contributed by atoms with Crippen LogP contribution in [0.1, 0.15) is 17.0 Å². The summed E-state index contributed by atoms with van der Waals surface area (Å²) >= 11 is 0. The molecule has 0 saturated heterocycles. The van der Waals surface area contributed by atoms with Crippen LogP contribution in [0.5, 0.6) is 0 Å². The zero-order valence-corrected chi connectivity index (χ0v) is 16.3. The summed E-state index contributed by atoms with van der Waals surface area (Å²) in [6, 6.07) is 18.2. The number of halogens is 1. The molecule has 7 nitrogen and oxygen atoms in total. The summed E-state index contributed by atoms with van der Waals surface area (Å²) in [5.74, 6) is -0.0228. The Balaban J connectivity index is 1.75. The van der Waals surface area contributed by atoms with Gasteiger partial charge in [0.2, 0.25) is 0 Å². The molecule has 4 aromatic rings. The second-order valence-corrected chi connectivity index (χ2v) is 6.88. The second-order valence-electron chi connectivity index (χ2n) is 6.88. The van der Waals surface area contributed by atoms with Crippen molar-refractivity contribution in [3.05, 3.63) is 93.8 Å². The van der Waals surface area contributed by atoms with Gasteiger partial charge in [0, 0.05) is 11.3 Å². The van der Waals surface area contributed by atoms with Crippen LogP contribution in [0.3, 0.4) is 0 Å². The summed E-state index contributed by atoms with van der Waals surface area (Å²) < 4.78 is 14.7. The molecule has 0 atom stereocenters. The third kappa shape index (κ3) is 2.91. The molecule has 0 bridgehead atoms. The predicted molar refractivity (Wildman–Crippen MR) is 114 cm³/mol. The largest absolute Gasteiger partial charge is 0.399 e. The zero-order chi connectivity index (χ0) is 21.5. The van der Waals surface area contributed by atoms with E-state index in [-0.39, 0.29) is 11.4 Å². The quantitative estimate of drug-likeness (QED) is 0.455. The van der Waals surface area contributed by atoms with Crippen LogP contribution in [0, 0.1) is 17.1 Å². The van der Waals surface area contributed by atoms with E-state index in [1.54, 1.807) is 48.5 Å². The van der Waals surface area contributed by atoms with Crippen LogP contribution < -0.4 is 10.9 Å². The Bertz CT molecular complexity index is 1480. The smallest absolute Gasteiger partial charge is 0.266 e. The number of oxime groups is 1. The van der Waals surface area contributed by atoms with Gasteiger partial charge in [0.15, 0.2) is 11.5 Å². The highest BCUT2D eigenvalue weighted by Crippen LogP contribution is 2.30. The molecule has 0 fully saturated rings. The number of hydrogen-bond acceptors (Lipinski definition) is 6. The minimum Gasteiger partial charge on any atom is -0.399 e. The van der Waals surface area contributed by atoms with E-state index in [4.69, 9.17) is 9.82 Å². The first kappa shape index (κ1) is 18.5. The van der Waals surface area contributed by atoms with E-state index in [1.807, 2.05) is 0 Å². The van der Waals surface area contributed by atoms with Gasteiger partial charge >= 0.3 is 0 Å². The number of rotatable bonds is 3. The Morgan fingerprint density at radius 3 is 2.71 bits per heavy atom. The molecule has 1 aliphatic heterocycles. The summed E-state index contributed by atoms with van der Waals surface area (Å²) in [6.45, 7) is 0. The van der Waals surface area contributed by atoms with Gasteiger partial charge in [-0.2, -0.15) is 5.26 Å². The molecule has 31 heavy (non-hydrogen) atoms. The normalized spacial score (nSPS) is 13.0. The molecule has 2 heterocycles. The Morgan fingerprint density at radius 1 is 1.16 bits per heavy atom. The molecule has 0 aliphatic carbocycles. The van der Waals surface area contributed by atoms with Crippen molar-refractivity contribution in [2.75, 3.05) is 12.4 Å².